The SMILES string of the molecule is O=C(Nc1ccc(-n2cccn2)nc1)N1CC[C@@H](c2ccccc2)C1. The summed E-state index contributed by atoms with van der Waals surface area (Å²) >= 11 is 0. The summed E-state index contributed by atoms with van der Waals surface area (Å²) in [5.41, 5.74) is 1.98. The van der Waals surface area contributed by atoms with Crippen LogP contribution in [0, 0.1) is 0 Å². The first kappa shape index (κ1) is 15.4. The number of rotatable bonds is 3. The fourth-order valence-electron chi connectivity index (χ4n) is 3.14. The van der Waals surface area contributed by atoms with Crippen LogP contribution in [0.25, 0.3) is 5.82 Å². The Morgan fingerprint density at radius 1 is 1.12 bits per heavy atom. The van der Waals surface area contributed by atoms with Gasteiger partial charge < -0.3 is 10.2 Å². The molecule has 0 unspecified atom stereocenters. The second kappa shape index (κ2) is 6.76. The van der Waals surface area contributed by atoms with Crippen LogP contribution in [0.4, 0.5) is 10.5 Å². The van der Waals surface area contributed by atoms with E-state index in [9.17, 15) is 4.79 Å². The van der Waals surface area contributed by atoms with E-state index in [1.807, 2.05) is 47.5 Å². The molecule has 0 saturated carbocycles. The summed E-state index contributed by atoms with van der Waals surface area (Å²) in [6.07, 6.45) is 6.18. The second-order valence-electron chi connectivity index (χ2n) is 6.13. The van der Waals surface area contributed by atoms with Crippen molar-refractivity contribution >= 4 is 11.7 Å². The number of anilines is 1. The van der Waals surface area contributed by atoms with Crippen molar-refractivity contribution in [3.05, 3.63) is 72.7 Å². The van der Waals surface area contributed by atoms with Crippen molar-refractivity contribution in [1.82, 2.24) is 19.7 Å². The number of nitrogens with zero attached hydrogens (tertiary/aromatic N) is 4. The summed E-state index contributed by atoms with van der Waals surface area (Å²) in [6.45, 7) is 1.51. The van der Waals surface area contributed by atoms with Crippen LogP contribution in [0.5, 0.6) is 0 Å². The van der Waals surface area contributed by atoms with Crippen LogP contribution in [-0.2, 0) is 0 Å². The summed E-state index contributed by atoms with van der Waals surface area (Å²) in [6, 6.07) is 15.8. The lowest BCUT2D eigenvalue weighted by Gasteiger charge is -2.17. The third kappa shape index (κ3) is 3.38. The fraction of sp³-hybridized carbons (Fsp3) is 0.211. The van der Waals surface area contributed by atoms with E-state index in [1.54, 1.807) is 17.1 Å². The highest BCUT2D eigenvalue weighted by Crippen LogP contribution is 2.27. The molecule has 0 bridgehead atoms. The van der Waals surface area contributed by atoms with Crippen molar-refractivity contribution < 1.29 is 4.79 Å². The minimum Gasteiger partial charge on any atom is -0.324 e. The molecule has 1 fully saturated rings. The number of carbonyl (C=O) groups excluding carboxylic acids is 1. The number of hydrogen-bond donors (Lipinski definition) is 1. The molecule has 1 atom stereocenters. The predicted molar refractivity (Wildman–Crippen MR) is 95.8 cm³/mol. The van der Waals surface area contributed by atoms with E-state index < -0.39 is 0 Å². The Morgan fingerprint density at radius 2 is 2.00 bits per heavy atom. The van der Waals surface area contributed by atoms with Gasteiger partial charge in [-0.3, -0.25) is 0 Å². The van der Waals surface area contributed by atoms with E-state index in [4.69, 9.17) is 0 Å². The standard InChI is InChI=1S/C19H19N5O/c25-19(23-12-9-16(14-23)15-5-2-1-3-6-15)22-17-7-8-18(20-13-17)24-11-4-10-21-24/h1-8,10-11,13,16H,9,12,14H2,(H,22,25)/t16-/m1/s1. The van der Waals surface area contributed by atoms with Crippen molar-refractivity contribution in [2.24, 2.45) is 0 Å². The second-order valence-corrected chi connectivity index (χ2v) is 6.13. The smallest absolute Gasteiger partial charge is 0.321 e. The molecule has 3 aromatic rings. The molecule has 0 spiro atoms. The van der Waals surface area contributed by atoms with Crippen molar-refractivity contribution in [1.29, 1.82) is 0 Å². The molecular formula is C19H19N5O. The quantitative estimate of drug-likeness (QED) is 0.800. The largest absolute Gasteiger partial charge is 0.324 e. The number of benzene rings is 1. The van der Waals surface area contributed by atoms with Gasteiger partial charge in [-0.25, -0.2) is 14.5 Å². The number of urea groups is 1. The average molecular weight is 333 g/mol. The van der Waals surface area contributed by atoms with Crippen LogP contribution in [0.2, 0.25) is 0 Å². The van der Waals surface area contributed by atoms with Crippen molar-refractivity contribution in [3.8, 4) is 5.82 Å². The highest BCUT2D eigenvalue weighted by molar-refractivity contribution is 5.89. The summed E-state index contributed by atoms with van der Waals surface area (Å²) in [7, 11) is 0. The van der Waals surface area contributed by atoms with Gasteiger partial charge in [-0.05, 0) is 30.2 Å². The van der Waals surface area contributed by atoms with Crippen LogP contribution in [-0.4, -0.2) is 38.8 Å². The van der Waals surface area contributed by atoms with E-state index in [0.717, 1.165) is 19.5 Å². The highest BCUT2D eigenvalue weighted by Gasteiger charge is 2.27. The molecule has 0 aliphatic carbocycles. The normalized spacial score (nSPS) is 16.8. The summed E-state index contributed by atoms with van der Waals surface area (Å²) in [5.74, 6) is 1.13. The van der Waals surface area contributed by atoms with Gasteiger partial charge in [0.15, 0.2) is 5.82 Å². The van der Waals surface area contributed by atoms with Crippen molar-refractivity contribution in [3.63, 3.8) is 0 Å². The molecule has 2 amide bonds. The van der Waals surface area contributed by atoms with Crippen LogP contribution in [0.1, 0.15) is 17.9 Å². The maximum atomic E-state index is 12.5. The molecule has 2 aromatic heterocycles. The molecule has 1 saturated heterocycles. The van der Waals surface area contributed by atoms with E-state index in [2.05, 4.69) is 27.5 Å². The van der Waals surface area contributed by atoms with Gasteiger partial charge in [0.25, 0.3) is 0 Å². The average Bonchev–Trinajstić information content (AvgIpc) is 3.35. The third-order valence-corrected chi connectivity index (χ3v) is 4.48. The molecule has 6 nitrogen and oxygen atoms in total. The van der Waals surface area contributed by atoms with E-state index in [-0.39, 0.29) is 6.03 Å². The van der Waals surface area contributed by atoms with Crippen LogP contribution in [0.3, 0.4) is 0 Å². The summed E-state index contributed by atoms with van der Waals surface area (Å²) in [4.78, 5) is 18.7. The van der Waals surface area contributed by atoms with Gasteiger partial charge in [0.1, 0.15) is 0 Å². The number of amides is 2. The fourth-order valence-corrected chi connectivity index (χ4v) is 3.14. The van der Waals surface area contributed by atoms with Crippen molar-refractivity contribution in [2.45, 2.75) is 12.3 Å². The minimum atomic E-state index is -0.0768. The van der Waals surface area contributed by atoms with Crippen molar-refractivity contribution in [2.75, 3.05) is 18.4 Å². The number of aromatic nitrogens is 3. The van der Waals surface area contributed by atoms with E-state index in [0.29, 0.717) is 17.4 Å². The van der Waals surface area contributed by atoms with Gasteiger partial charge >= 0.3 is 6.03 Å². The first-order valence-corrected chi connectivity index (χ1v) is 8.36. The molecule has 3 heterocycles. The Morgan fingerprint density at radius 3 is 2.72 bits per heavy atom. The first-order chi connectivity index (χ1) is 12.3. The number of nitrogens with one attached hydrogen (secondary N) is 1. The number of hydrogen-bond acceptors (Lipinski definition) is 3. The molecule has 0 radical (unpaired) electrons. The zero-order valence-electron chi connectivity index (χ0n) is 13.7. The monoisotopic (exact) mass is 333 g/mol. The molecule has 1 aliphatic rings. The Labute approximate surface area is 146 Å². The zero-order chi connectivity index (χ0) is 17.1. The number of likely N-dealkylation sites (tertiary alicyclic amines) is 1. The lowest BCUT2D eigenvalue weighted by Crippen LogP contribution is -2.32. The maximum absolute atomic E-state index is 12.5. The van der Waals surface area contributed by atoms with Crippen LogP contribution >= 0.6 is 0 Å². The molecular weight excluding hydrogens is 314 g/mol. The Hall–Kier alpha value is -3.15. The molecule has 4 rings (SSSR count). The molecule has 1 N–H and O–H groups in total. The Kier molecular flexibility index (Phi) is 4.16. The maximum Gasteiger partial charge on any atom is 0.321 e. The van der Waals surface area contributed by atoms with Gasteiger partial charge in [0.05, 0.1) is 11.9 Å². The summed E-state index contributed by atoms with van der Waals surface area (Å²) in [5, 5.41) is 7.06. The van der Waals surface area contributed by atoms with Gasteiger partial charge in [-0.1, -0.05) is 30.3 Å². The molecule has 6 heteroatoms. The van der Waals surface area contributed by atoms with Gasteiger partial charge in [0.2, 0.25) is 0 Å². The lowest BCUT2D eigenvalue weighted by molar-refractivity contribution is 0.222. The Bertz CT molecular complexity index is 830. The predicted octanol–water partition coefficient (Wildman–Crippen LogP) is 3.29. The molecule has 1 aromatic carbocycles. The third-order valence-electron chi connectivity index (χ3n) is 4.48. The van der Waals surface area contributed by atoms with Gasteiger partial charge in [0, 0.05) is 31.4 Å². The topological polar surface area (TPSA) is 63.1 Å². The molecule has 1 aliphatic heterocycles. The number of pyridine rings is 1. The van der Waals surface area contributed by atoms with Gasteiger partial charge in [-0.15, -0.1) is 0 Å². The van der Waals surface area contributed by atoms with Gasteiger partial charge in [-0.2, -0.15) is 5.10 Å². The highest BCUT2D eigenvalue weighted by atomic mass is 16.2. The van der Waals surface area contributed by atoms with E-state index in [1.165, 1.54) is 5.56 Å². The minimum absolute atomic E-state index is 0.0768. The first-order valence-electron chi connectivity index (χ1n) is 8.36. The Balaban J connectivity index is 1.38. The number of carbonyl (C=O) groups is 1. The lowest BCUT2D eigenvalue weighted by atomic mass is 9.99. The summed E-state index contributed by atoms with van der Waals surface area (Å²) < 4.78 is 1.68. The zero-order valence-corrected chi connectivity index (χ0v) is 13.7. The van der Waals surface area contributed by atoms with Crippen LogP contribution < -0.4 is 5.32 Å². The van der Waals surface area contributed by atoms with E-state index >= 15 is 0 Å². The van der Waals surface area contributed by atoms with Crippen LogP contribution in [0.15, 0.2) is 67.1 Å². The molecule has 25 heavy (non-hydrogen) atoms. The molecule has 126 valence electrons.